The van der Waals surface area contributed by atoms with Crippen molar-refractivity contribution in [2.75, 3.05) is 37.4 Å². The summed E-state index contributed by atoms with van der Waals surface area (Å²) < 4.78 is 10.7. The molecule has 0 fully saturated rings. The summed E-state index contributed by atoms with van der Waals surface area (Å²) in [4.78, 5) is 24.2. The molecule has 2 aromatic rings. The van der Waals surface area contributed by atoms with E-state index in [9.17, 15) is 9.59 Å². The Balaban J connectivity index is 1.82. The van der Waals surface area contributed by atoms with Crippen molar-refractivity contribution in [1.82, 2.24) is 5.32 Å². The third kappa shape index (κ3) is 7.83. The normalized spacial score (nSPS) is 11.4. The molecule has 3 N–H and O–H groups in total. The first-order valence-corrected chi connectivity index (χ1v) is 9.69. The third-order valence-corrected chi connectivity index (χ3v) is 4.22. The van der Waals surface area contributed by atoms with E-state index in [1.165, 1.54) is 0 Å². The predicted octanol–water partition coefficient (Wildman–Crippen LogP) is 3.29. The predicted molar refractivity (Wildman–Crippen MR) is 115 cm³/mol. The van der Waals surface area contributed by atoms with Crippen LogP contribution in [0.1, 0.15) is 30.6 Å². The molecular weight excluding hydrogens is 370 g/mol. The van der Waals surface area contributed by atoms with E-state index >= 15 is 0 Å². The van der Waals surface area contributed by atoms with Gasteiger partial charge in [-0.1, -0.05) is 13.0 Å². The van der Waals surface area contributed by atoms with Crippen molar-refractivity contribution in [1.29, 1.82) is 0 Å². The van der Waals surface area contributed by atoms with Crippen molar-refractivity contribution in [3.05, 3.63) is 54.1 Å². The molecule has 2 rings (SSSR count). The van der Waals surface area contributed by atoms with Crippen LogP contribution < -0.4 is 20.7 Å². The van der Waals surface area contributed by atoms with Gasteiger partial charge in [0, 0.05) is 36.7 Å². The summed E-state index contributed by atoms with van der Waals surface area (Å²) >= 11 is 0. The number of rotatable bonds is 11. The fourth-order valence-corrected chi connectivity index (χ4v) is 2.46. The summed E-state index contributed by atoms with van der Waals surface area (Å²) in [5.74, 6) is 0.391. The highest BCUT2D eigenvalue weighted by Gasteiger charge is 2.07. The lowest BCUT2D eigenvalue weighted by atomic mass is 10.2. The van der Waals surface area contributed by atoms with Gasteiger partial charge in [-0.3, -0.25) is 9.59 Å². The van der Waals surface area contributed by atoms with Gasteiger partial charge in [0.1, 0.15) is 5.75 Å². The summed E-state index contributed by atoms with van der Waals surface area (Å²) in [6, 6.07) is 14.3. The van der Waals surface area contributed by atoms with E-state index < -0.39 is 0 Å². The largest absolute Gasteiger partial charge is 0.491 e. The first-order chi connectivity index (χ1) is 14.0. The molecule has 0 saturated carbocycles. The van der Waals surface area contributed by atoms with Crippen LogP contribution >= 0.6 is 0 Å². The lowest BCUT2D eigenvalue weighted by Gasteiger charge is -2.14. The molecule has 7 nitrogen and oxygen atoms in total. The Labute approximate surface area is 171 Å². The van der Waals surface area contributed by atoms with Crippen molar-refractivity contribution in [2.45, 2.75) is 26.4 Å². The van der Waals surface area contributed by atoms with Crippen LogP contribution in [-0.2, 0) is 9.53 Å². The number of hydrogen-bond acceptors (Lipinski definition) is 5. The van der Waals surface area contributed by atoms with Crippen LogP contribution in [0, 0.1) is 0 Å². The minimum absolute atomic E-state index is 0.107. The van der Waals surface area contributed by atoms with Gasteiger partial charge in [0.15, 0.2) is 0 Å². The van der Waals surface area contributed by atoms with Crippen LogP contribution in [0.4, 0.5) is 11.4 Å². The van der Waals surface area contributed by atoms with E-state index in [-0.39, 0.29) is 24.5 Å². The second kappa shape index (κ2) is 11.7. The molecular formula is C22H29N3O4. The number of ether oxygens (including phenoxy) is 2. The lowest BCUT2D eigenvalue weighted by Crippen LogP contribution is -2.26. The van der Waals surface area contributed by atoms with Crippen molar-refractivity contribution >= 4 is 23.2 Å². The number of amides is 2. The molecule has 0 aromatic heterocycles. The van der Waals surface area contributed by atoms with E-state index in [4.69, 9.17) is 9.47 Å². The Bertz CT molecular complexity index is 793. The van der Waals surface area contributed by atoms with Crippen molar-refractivity contribution in [3.63, 3.8) is 0 Å². The summed E-state index contributed by atoms with van der Waals surface area (Å²) in [5.41, 5.74) is 1.98. The summed E-state index contributed by atoms with van der Waals surface area (Å²) in [6.45, 7) is 5.09. The number of nitrogens with one attached hydrogen (secondary N) is 3. The molecule has 7 heteroatoms. The maximum Gasteiger partial charge on any atom is 0.251 e. The molecule has 0 saturated heterocycles. The van der Waals surface area contributed by atoms with Crippen molar-refractivity contribution in [3.8, 4) is 5.75 Å². The maximum atomic E-state index is 12.2. The Morgan fingerprint density at radius 3 is 2.52 bits per heavy atom. The topological polar surface area (TPSA) is 88.7 Å². The van der Waals surface area contributed by atoms with Gasteiger partial charge in [0.05, 0.1) is 19.3 Å². The minimum Gasteiger partial charge on any atom is -0.491 e. The third-order valence-electron chi connectivity index (χ3n) is 4.22. The van der Waals surface area contributed by atoms with Crippen LogP contribution in [0.2, 0.25) is 0 Å². The number of hydrogen-bond donors (Lipinski definition) is 3. The molecule has 0 spiro atoms. The van der Waals surface area contributed by atoms with E-state index in [0.717, 1.165) is 17.9 Å². The first kappa shape index (κ1) is 22.2. The highest BCUT2D eigenvalue weighted by atomic mass is 16.5. The number of carbonyl (C=O) groups excluding carboxylic acids is 2. The minimum atomic E-state index is -0.174. The van der Waals surface area contributed by atoms with Crippen molar-refractivity contribution in [2.24, 2.45) is 0 Å². The second-order valence-electron chi connectivity index (χ2n) is 6.59. The molecule has 156 valence electrons. The number of carbonyl (C=O) groups is 2. The van der Waals surface area contributed by atoms with Gasteiger partial charge in [-0.2, -0.15) is 0 Å². The SMILES string of the molecule is CCC(C)Oc1cccc(NC(=O)CNc2ccc(C(=O)NCCOC)cc2)c1. The van der Waals surface area contributed by atoms with E-state index in [2.05, 4.69) is 22.9 Å². The molecule has 0 radical (unpaired) electrons. The molecule has 0 aliphatic heterocycles. The van der Waals surface area contributed by atoms with E-state index in [0.29, 0.717) is 24.4 Å². The zero-order valence-electron chi connectivity index (χ0n) is 17.2. The Kier molecular flexibility index (Phi) is 8.98. The molecule has 1 unspecified atom stereocenters. The Hall–Kier alpha value is -3.06. The van der Waals surface area contributed by atoms with Crippen LogP contribution in [0.5, 0.6) is 5.75 Å². The average molecular weight is 399 g/mol. The summed E-state index contributed by atoms with van der Waals surface area (Å²) in [7, 11) is 1.58. The fraction of sp³-hybridized carbons (Fsp3) is 0.364. The quantitative estimate of drug-likeness (QED) is 0.505. The van der Waals surface area contributed by atoms with Gasteiger partial charge >= 0.3 is 0 Å². The summed E-state index contributed by atoms with van der Waals surface area (Å²) in [5, 5.41) is 8.65. The van der Waals surface area contributed by atoms with Gasteiger partial charge in [-0.25, -0.2) is 0 Å². The van der Waals surface area contributed by atoms with E-state index in [1.807, 2.05) is 25.1 Å². The van der Waals surface area contributed by atoms with Crippen molar-refractivity contribution < 1.29 is 19.1 Å². The smallest absolute Gasteiger partial charge is 0.251 e. The molecule has 0 aliphatic rings. The van der Waals surface area contributed by atoms with Gasteiger partial charge in [0.2, 0.25) is 5.91 Å². The highest BCUT2D eigenvalue weighted by molar-refractivity contribution is 5.95. The Morgan fingerprint density at radius 2 is 1.83 bits per heavy atom. The Morgan fingerprint density at radius 1 is 1.07 bits per heavy atom. The maximum absolute atomic E-state index is 12.2. The number of methoxy groups -OCH3 is 1. The molecule has 29 heavy (non-hydrogen) atoms. The first-order valence-electron chi connectivity index (χ1n) is 9.69. The highest BCUT2D eigenvalue weighted by Crippen LogP contribution is 2.19. The summed E-state index contributed by atoms with van der Waals surface area (Å²) in [6.07, 6.45) is 1.03. The number of benzene rings is 2. The molecule has 0 aliphatic carbocycles. The lowest BCUT2D eigenvalue weighted by molar-refractivity contribution is -0.114. The van der Waals surface area contributed by atoms with Crippen LogP contribution in [-0.4, -0.2) is 44.7 Å². The van der Waals surface area contributed by atoms with Crippen LogP contribution in [0.15, 0.2) is 48.5 Å². The average Bonchev–Trinajstić information content (AvgIpc) is 2.73. The van der Waals surface area contributed by atoms with Gasteiger partial charge in [-0.05, 0) is 49.7 Å². The monoisotopic (exact) mass is 399 g/mol. The van der Waals surface area contributed by atoms with Gasteiger partial charge in [0.25, 0.3) is 5.91 Å². The molecule has 2 amide bonds. The molecule has 0 heterocycles. The van der Waals surface area contributed by atoms with Gasteiger partial charge < -0.3 is 25.4 Å². The molecule has 1 atom stereocenters. The zero-order chi connectivity index (χ0) is 21.1. The van der Waals surface area contributed by atoms with E-state index in [1.54, 1.807) is 37.4 Å². The second-order valence-corrected chi connectivity index (χ2v) is 6.59. The van der Waals surface area contributed by atoms with Crippen LogP contribution in [0.25, 0.3) is 0 Å². The van der Waals surface area contributed by atoms with Gasteiger partial charge in [-0.15, -0.1) is 0 Å². The zero-order valence-corrected chi connectivity index (χ0v) is 17.2. The standard InChI is InChI=1S/C22H29N3O4/c1-4-16(2)29-20-7-5-6-19(14-20)25-21(26)15-24-18-10-8-17(9-11-18)22(27)23-12-13-28-3/h5-11,14,16,24H,4,12-13,15H2,1-3H3,(H,23,27)(H,25,26). The van der Waals surface area contributed by atoms with Crippen LogP contribution in [0.3, 0.4) is 0 Å². The molecule has 0 bridgehead atoms. The molecule has 2 aromatic carbocycles. The number of anilines is 2. The fourth-order valence-electron chi connectivity index (χ4n) is 2.46.